The maximum Gasteiger partial charge on any atom is 0.263 e. The molecule has 58 heavy (non-hydrogen) atoms. The number of nitriles is 1. The van der Waals surface area contributed by atoms with Crippen LogP contribution in [-0.2, 0) is 14.4 Å². The van der Waals surface area contributed by atoms with Gasteiger partial charge in [-0.1, -0.05) is 29.3 Å². The number of carbonyl (C=O) groups excluding carboxylic acids is 5. The molecule has 18 heteroatoms. The average Bonchev–Trinajstić information content (AvgIpc) is 3.48. The molecule has 1 aromatic heterocycles. The molecule has 0 radical (unpaired) electrons. The quantitative estimate of drug-likeness (QED) is 0.101. The highest BCUT2D eigenvalue weighted by molar-refractivity contribution is 8.00. The molecular formula is C40H37Cl2N7O8S. The minimum absolute atomic E-state index is 0.0340. The monoisotopic (exact) mass is 845 g/mol. The number of hydrogen-bond donors (Lipinski definition) is 2. The van der Waals surface area contributed by atoms with Crippen LogP contribution in [0.4, 0.5) is 11.4 Å². The summed E-state index contributed by atoms with van der Waals surface area (Å²) in [6.07, 6.45) is 2.28. The van der Waals surface area contributed by atoms with E-state index in [1.807, 2.05) is 0 Å². The molecule has 1 unspecified atom stereocenters. The van der Waals surface area contributed by atoms with Gasteiger partial charge < -0.3 is 24.4 Å². The second kappa shape index (κ2) is 17.5. The summed E-state index contributed by atoms with van der Waals surface area (Å²) in [6.45, 7) is 3.55. The summed E-state index contributed by atoms with van der Waals surface area (Å²) in [7, 11) is 3.03. The van der Waals surface area contributed by atoms with Crippen LogP contribution in [0.3, 0.4) is 0 Å². The van der Waals surface area contributed by atoms with E-state index in [0.29, 0.717) is 99.2 Å². The first-order valence-corrected chi connectivity index (χ1v) is 20.1. The van der Waals surface area contributed by atoms with Crippen LogP contribution in [0.25, 0.3) is 10.9 Å². The van der Waals surface area contributed by atoms with Crippen LogP contribution < -0.4 is 24.8 Å². The van der Waals surface area contributed by atoms with Crippen molar-refractivity contribution < 1.29 is 38.2 Å². The van der Waals surface area contributed by atoms with Gasteiger partial charge in [-0.25, -0.2) is 0 Å². The number of rotatable bonds is 13. The van der Waals surface area contributed by atoms with Crippen LogP contribution in [0, 0.1) is 11.3 Å². The fourth-order valence-corrected chi connectivity index (χ4v) is 8.62. The number of benzene rings is 3. The van der Waals surface area contributed by atoms with Crippen molar-refractivity contribution in [2.24, 2.45) is 0 Å². The third-order valence-electron chi connectivity index (χ3n) is 10.2. The van der Waals surface area contributed by atoms with E-state index in [-0.39, 0.29) is 35.6 Å². The van der Waals surface area contributed by atoms with E-state index >= 15 is 0 Å². The smallest absolute Gasteiger partial charge is 0.263 e. The van der Waals surface area contributed by atoms with Crippen LogP contribution in [0.5, 0.6) is 17.2 Å². The average molecular weight is 847 g/mol. The molecular weight excluding hydrogens is 809 g/mol. The Kier molecular flexibility index (Phi) is 12.2. The van der Waals surface area contributed by atoms with Gasteiger partial charge in [-0.15, -0.1) is 11.8 Å². The first kappa shape index (κ1) is 40.6. The molecule has 3 aromatic carbocycles. The third kappa shape index (κ3) is 8.21. The van der Waals surface area contributed by atoms with Gasteiger partial charge in [0.05, 0.1) is 70.2 Å². The summed E-state index contributed by atoms with van der Waals surface area (Å²) in [5.41, 5.74) is 2.19. The summed E-state index contributed by atoms with van der Waals surface area (Å²) >= 11 is 13.9. The number of nitrogens with one attached hydrogen (secondary N) is 2. The van der Waals surface area contributed by atoms with Gasteiger partial charge in [0.25, 0.3) is 11.8 Å². The predicted molar refractivity (Wildman–Crippen MR) is 216 cm³/mol. The van der Waals surface area contributed by atoms with Gasteiger partial charge in [-0.2, -0.15) is 5.26 Å². The molecule has 300 valence electrons. The number of fused-ring (bicyclic) bond motifs is 2. The minimum Gasteiger partial charge on any atom is -0.495 e. The van der Waals surface area contributed by atoms with Gasteiger partial charge in [-0.3, -0.25) is 44.1 Å². The summed E-state index contributed by atoms with van der Waals surface area (Å²) in [5.74, 6) is -0.937. The SMILES string of the molecule is COc1cc(Nc2c(C#N)cnc3cc(OCCCN4CCN(C(=O)CSc5cccc6c5C(=O)N(C5CCC(=O)NC5=O)C6=O)CC4)c(OC)cc23)c(Cl)cc1Cl. The number of piperidine rings is 1. The number of carbonyl (C=O) groups is 5. The molecule has 5 amide bonds. The molecule has 3 aliphatic rings. The van der Waals surface area contributed by atoms with Crippen molar-refractivity contribution in [2.45, 2.75) is 30.2 Å². The van der Waals surface area contributed by atoms with Crippen molar-refractivity contribution in [1.29, 1.82) is 5.26 Å². The van der Waals surface area contributed by atoms with Gasteiger partial charge in [0.2, 0.25) is 17.7 Å². The Morgan fingerprint density at radius 3 is 2.50 bits per heavy atom. The van der Waals surface area contributed by atoms with E-state index in [9.17, 15) is 29.2 Å². The first-order valence-electron chi connectivity index (χ1n) is 18.3. The van der Waals surface area contributed by atoms with Crippen LogP contribution in [0.1, 0.15) is 45.5 Å². The van der Waals surface area contributed by atoms with Crippen molar-refractivity contribution >= 4 is 86.8 Å². The number of anilines is 2. The maximum atomic E-state index is 13.4. The number of piperazine rings is 1. The summed E-state index contributed by atoms with van der Waals surface area (Å²) in [6, 6.07) is 12.7. The number of amides is 5. The first-order chi connectivity index (χ1) is 28.0. The van der Waals surface area contributed by atoms with Gasteiger partial charge in [-0.05, 0) is 37.1 Å². The Morgan fingerprint density at radius 1 is 1.00 bits per heavy atom. The van der Waals surface area contributed by atoms with E-state index in [4.69, 9.17) is 37.4 Å². The van der Waals surface area contributed by atoms with Crippen molar-refractivity contribution in [3.05, 3.63) is 75.4 Å². The van der Waals surface area contributed by atoms with Gasteiger partial charge in [0.1, 0.15) is 17.9 Å². The lowest BCUT2D eigenvalue weighted by atomic mass is 10.0. The van der Waals surface area contributed by atoms with Crippen LogP contribution in [0.15, 0.2) is 53.6 Å². The lowest BCUT2D eigenvalue weighted by Gasteiger charge is -2.34. The lowest BCUT2D eigenvalue weighted by molar-refractivity contribution is -0.136. The summed E-state index contributed by atoms with van der Waals surface area (Å²) < 4.78 is 17.2. The lowest BCUT2D eigenvalue weighted by Crippen LogP contribution is -2.54. The highest BCUT2D eigenvalue weighted by atomic mass is 35.5. The summed E-state index contributed by atoms with van der Waals surface area (Å²) in [5, 5.41) is 16.6. The third-order valence-corrected chi connectivity index (χ3v) is 11.8. The number of methoxy groups -OCH3 is 2. The highest BCUT2D eigenvalue weighted by Gasteiger charge is 2.45. The Bertz CT molecular complexity index is 2380. The molecule has 2 saturated heterocycles. The molecule has 2 fully saturated rings. The van der Waals surface area contributed by atoms with E-state index in [0.717, 1.165) is 11.4 Å². The zero-order valence-electron chi connectivity index (χ0n) is 31.4. The summed E-state index contributed by atoms with van der Waals surface area (Å²) in [4.78, 5) is 73.9. The highest BCUT2D eigenvalue weighted by Crippen LogP contribution is 2.41. The minimum atomic E-state index is -1.06. The topological polar surface area (TPSA) is 183 Å². The zero-order valence-corrected chi connectivity index (χ0v) is 33.8. The Labute approximate surface area is 347 Å². The Morgan fingerprint density at radius 2 is 1.78 bits per heavy atom. The number of aromatic nitrogens is 1. The number of pyridine rings is 1. The predicted octanol–water partition coefficient (Wildman–Crippen LogP) is 5.28. The van der Waals surface area contributed by atoms with Crippen molar-refractivity contribution in [1.82, 2.24) is 25.0 Å². The number of nitrogens with zero attached hydrogens (tertiary/aromatic N) is 5. The fraction of sp³-hybridized carbons (Fsp3) is 0.325. The zero-order chi connectivity index (χ0) is 41.1. The maximum absolute atomic E-state index is 13.4. The number of thioether (sulfide) groups is 1. The molecule has 2 N–H and O–H groups in total. The molecule has 15 nitrogen and oxygen atoms in total. The molecule has 4 heterocycles. The Balaban J connectivity index is 0.908. The van der Waals surface area contributed by atoms with Gasteiger partial charge >= 0.3 is 0 Å². The Hall–Kier alpha value is -5.60. The molecule has 3 aliphatic heterocycles. The normalized spacial score (nSPS) is 16.9. The molecule has 0 saturated carbocycles. The second-order valence-electron chi connectivity index (χ2n) is 13.6. The number of imide groups is 2. The molecule has 7 rings (SSSR count). The fourth-order valence-electron chi connectivity index (χ4n) is 7.13. The van der Waals surface area contributed by atoms with E-state index in [1.54, 1.807) is 41.3 Å². The van der Waals surface area contributed by atoms with Gasteiger partial charge in [0, 0.05) is 67.8 Å². The van der Waals surface area contributed by atoms with Crippen LogP contribution >= 0.6 is 35.0 Å². The van der Waals surface area contributed by atoms with Crippen molar-refractivity contribution in [3.63, 3.8) is 0 Å². The van der Waals surface area contributed by atoms with E-state index < -0.39 is 29.7 Å². The number of hydrogen-bond acceptors (Lipinski definition) is 13. The number of halogens is 2. The molecule has 0 bridgehead atoms. The largest absolute Gasteiger partial charge is 0.495 e. The number of ether oxygens (including phenoxy) is 3. The molecule has 1 atom stereocenters. The van der Waals surface area contributed by atoms with E-state index in [2.05, 4.69) is 26.6 Å². The molecule has 4 aromatic rings. The van der Waals surface area contributed by atoms with Crippen molar-refractivity contribution in [2.75, 3.05) is 64.6 Å². The molecule has 0 spiro atoms. The van der Waals surface area contributed by atoms with Crippen LogP contribution in [-0.4, -0.2) is 115 Å². The molecule has 0 aliphatic carbocycles. The van der Waals surface area contributed by atoms with Gasteiger partial charge in [0.15, 0.2) is 11.5 Å². The standard InChI is InChI=1S/C40H37Cl2N7O8S/c1-55-30-18-28(25(41)16-26(30)42)45-37-22(19-43)20-44-27-17-32(31(56-2)15-24(27)37)57-14-4-9-47-10-12-48(13-11-47)35(51)21-58-33-6-3-5-23-36(33)40(54)49(39(23)53)29-7-8-34(50)46-38(29)52/h3,5-6,15-18,20,29H,4,7-14,21H2,1-2H3,(H,44,45)(H,46,50,52). The van der Waals surface area contributed by atoms with Crippen LogP contribution in [0.2, 0.25) is 10.0 Å². The second-order valence-corrected chi connectivity index (χ2v) is 15.4. The van der Waals surface area contributed by atoms with Crippen molar-refractivity contribution in [3.8, 4) is 23.3 Å². The van der Waals surface area contributed by atoms with E-state index in [1.165, 1.54) is 38.2 Å².